The highest BCUT2D eigenvalue weighted by Crippen LogP contribution is 2.67. The van der Waals surface area contributed by atoms with Crippen molar-refractivity contribution in [2.75, 3.05) is 0 Å². The molecule has 4 aliphatic rings. The Bertz CT molecular complexity index is 840. The summed E-state index contributed by atoms with van der Waals surface area (Å²) < 4.78 is 0. The van der Waals surface area contributed by atoms with E-state index >= 15 is 0 Å². The maximum absolute atomic E-state index is 12.3. The van der Waals surface area contributed by atoms with Crippen LogP contribution in [0.5, 0.6) is 0 Å². The SMILES string of the molecule is C[C@]12CCC(=O)C=C1CC(C(=O)O)[C@@H]1C2=CC[C@@]2(C)[C@H]1CC[C@@]2(O)CCC(=O)O. The summed E-state index contributed by atoms with van der Waals surface area (Å²) in [7, 11) is 0. The smallest absolute Gasteiger partial charge is 0.307 e. The number of carbonyl (C=O) groups is 3. The predicted octanol–water partition coefficient (Wildman–Crippen LogP) is 3.35. The fourth-order valence-corrected chi connectivity index (χ4v) is 6.93. The van der Waals surface area contributed by atoms with Crippen LogP contribution in [0.15, 0.2) is 23.3 Å². The number of carbonyl (C=O) groups excluding carboxylic acids is 1. The number of rotatable bonds is 4. The second kappa shape index (κ2) is 6.53. The minimum absolute atomic E-state index is 0.00148. The predicted molar refractivity (Wildman–Crippen MR) is 105 cm³/mol. The molecule has 6 atom stereocenters. The molecule has 1 unspecified atom stereocenters. The van der Waals surface area contributed by atoms with Crippen LogP contribution in [-0.4, -0.2) is 38.6 Å². The largest absolute Gasteiger partial charge is 0.481 e. The summed E-state index contributed by atoms with van der Waals surface area (Å²) in [6.07, 6.45) is 7.28. The molecular weight excluding hydrogens is 372 g/mol. The van der Waals surface area contributed by atoms with Gasteiger partial charge < -0.3 is 15.3 Å². The summed E-state index contributed by atoms with van der Waals surface area (Å²) in [6, 6.07) is 0. The second-order valence-electron chi connectivity index (χ2n) is 9.99. The molecule has 0 bridgehead atoms. The molecule has 0 aromatic heterocycles. The van der Waals surface area contributed by atoms with Crippen LogP contribution in [0, 0.1) is 28.6 Å². The summed E-state index contributed by atoms with van der Waals surface area (Å²) in [4.78, 5) is 35.4. The lowest BCUT2D eigenvalue weighted by molar-refractivity contribution is -0.148. The molecule has 0 amide bonds. The average molecular weight is 402 g/mol. The van der Waals surface area contributed by atoms with Gasteiger partial charge in [0.1, 0.15) is 0 Å². The molecule has 0 aromatic rings. The molecule has 3 N–H and O–H groups in total. The lowest BCUT2D eigenvalue weighted by Crippen LogP contribution is -2.53. The standard InChI is InChI=1S/C23H30O6/c1-21-7-3-14(24)11-13(21)12-15(20(27)28)19-16(21)4-8-22(2)17(19)5-9-23(22,29)10-6-18(25)26/h4,11,15,17,19,29H,3,5-10,12H2,1-2H3,(H,25,26)(H,27,28)/t15?,17-,19+,21-,22-,23+/m0/s1. The topological polar surface area (TPSA) is 112 Å². The van der Waals surface area contributed by atoms with E-state index in [1.807, 2.05) is 6.92 Å². The average Bonchev–Trinajstić information content (AvgIpc) is 2.92. The number of aliphatic carboxylic acids is 2. The van der Waals surface area contributed by atoms with Crippen molar-refractivity contribution >= 4 is 17.7 Å². The normalized spacial score (nSPS) is 43.6. The highest BCUT2D eigenvalue weighted by atomic mass is 16.4. The zero-order chi connectivity index (χ0) is 21.2. The number of fused-ring (bicyclic) bond motifs is 5. The van der Waals surface area contributed by atoms with E-state index in [2.05, 4.69) is 13.0 Å². The van der Waals surface area contributed by atoms with Crippen molar-refractivity contribution in [1.82, 2.24) is 0 Å². The first kappa shape index (κ1) is 20.3. The van der Waals surface area contributed by atoms with Crippen LogP contribution in [0.25, 0.3) is 0 Å². The minimum Gasteiger partial charge on any atom is -0.481 e. The highest BCUT2D eigenvalue weighted by Gasteiger charge is 2.64. The van der Waals surface area contributed by atoms with Crippen LogP contribution in [0.2, 0.25) is 0 Å². The Kier molecular flexibility index (Phi) is 4.57. The molecule has 2 fully saturated rings. The van der Waals surface area contributed by atoms with Crippen molar-refractivity contribution in [3.05, 3.63) is 23.3 Å². The number of aliphatic hydroxyl groups is 1. The first-order valence-corrected chi connectivity index (χ1v) is 10.6. The fraction of sp³-hybridized carbons (Fsp3) is 0.696. The number of hydrogen-bond acceptors (Lipinski definition) is 4. The molecule has 0 spiro atoms. The van der Waals surface area contributed by atoms with Gasteiger partial charge in [0.2, 0.25) is 0 Å². The van der Waals surface area contributed by atoms with Crippen molar-refractivity contribution in [3.63, 3.8) is 0 Å². The van der Waals surface area contributed by atoms with Crippen molar-refractivity contribution in [1.29, 1.82) is 0 Å². The van der Waals surface area contributed by atoms with Crippen LogP contribution in [-0.2, 0) is 14.4 Å². The number of carboxylic acid groups (broad SMARTS) is 2. The summed E-state index contributed by atoms with van der Waals surface area (Å²) in [5.74, 6) is -2.50. The van der Waals surface area contributed by atoms with E-state index in [1.165, 1.54) is 0 Å². The monoisotopic (exact) mass is 402 g/mol. The van der Waals surface area contributed by atoms with Crippen LogP contribution in [0.1, 0.15) is 65.2 Å². The Hall–Kier alpha value is -1.95. The van der Waals surface area contributed by atoms with Crippen LogP contribution in [0.4, 0.5) is 0 Å². The number of ketones is 1. The molecular formula is C23H30O6. The van der Waals surface area contributed by atoms with E-state index in [-0.39, 0.29) is 35.9 Å². The molecule has 2 saturated carbocycles. The lowest BCUT2D eigenvalue weighted by Gasteiger charge is -2.56. The van der Waals surface area contributed by atoms with Crippen LogP contribution in [0.3, 0.4) is 0 Å². The molecule has 0 radical (unpaired) electrons. The van der Waals surface area contributed by atoms with E-state index in [0.29, 0.717) is 38.5 Å². The Morgan fingerprint density at radius 2 is 1.93 bits per heavy atom. The zero-order valence-corrected chi connectivity index (χ0v) is 17.1. The van der Waals surface area contributed by atoms with Gasteiger partial charge in [-0.25, -0.2) is 0 Å². The van der Waals surface area contributed by atoms with Gasteiger partial charge in [-0.3, -0.25) is 14.4 Å². The first-order chi connectivity index (χ1) is 13.5. The van der Waals surface area contributed by atoms with Crippen LogP contribution < -0.4 is 0 Å². The van der Waals surface area contributed by atoms with E-state index < -0.39 is 28.9 Å². The van der Waals surface area contributed by atoms with Crippen molar-refractivity contribution in [2.24, 2.45) is 28.6 Å². The van der Waals surface area contributed by atoms with Gasteiger partial charge in [-0.05, 0) is 56.4 Å². The Balaban J connectivity index is 1.78. The molecule has 6 nitrogen and oxygen atoms in total. The van der Waals surface area contributed by atoms with Crippen molar-refractivity contribution in [2.45, 2.75) is 70.8 Å². The van der Waals surface area contributed by atoms with Gasteiger partial charge in [0, 0.05) is 23.7 Å². The molecule has 0 heterocycles. The maximum atomic E-state index is 12.3. The van der Waals surface area contributed by atoms with E-state index in [9.17, 15) is 24.6 Å². The lowest BCUT2D eigenvalue weighted by atomic mass is 9.48. The number of carboxylic acids is 2. The quantitative estimate of drug-likeness (QED) is 0.622. The Morgan fingerprint density at radius 1 is 1.21 bits per heavy atom. The minimum atomic E-state index is -1.10. The van der Waals surface area contributed by atoms with E-state index in [0.717, 1.165) is 11.1 Å². The first-order valence-electron chi connectivity index (χ1n) is 10.6. The Morgan fingerprint density at radius 3 is 2.59 bits per heavy atom. The molecule has 0 saturated heterocycles. The third kappa shape index (κ3) is 2.82. The van der Waals surface area contributed by atoms with Gasteiger partial charge >= 0.3 is 11.9 Å². The highest BCUT2D eigenvalue weighted by molar-refractivity contribution is 5.92. The second-order valence-corrected chi connectivity index (χ2v) is 9.99. The van der Waals surface area contributed by atoms with E-state index in [4.69, 9.17) is 5.11 Å². The summed E-state index contributed by atoms with van der Waals surface area (Å²) in [5, 5.41) is 30.6. The Labute approximate surface area is 170 Å². The molecule has 158 valence electrons. The molecule has 0 aromatic carbocycles. The summed E-state index contributed by atoms with van der Waals surface area (Å²) in [5.41, 5.74) is 0.145. The van der Waals surface area contributed by atoms with Gasteiger partial charge in [-0.2, -0.15) is 0 Å². The number of allylic oxidation sites excluding steroid dienone is 4. The third-order valence-corrected chi connectivity index (χ3v) is 8.78. The molecule has 29 heavy (non-hydrogen) atoms. The van der Waals surface area contributed by atoms with Gasteiger partial charge in [-0.1, -0.05) is 31.1 Å². The summed E-state index contributed by atoms with van der Waals surface area (Å²) in [6.45, 7) is 4.15. The third-order valence-electron chi connectivity index (χ3n) is 8.78. The fourth-order valence-electron chi connectivity index (χ4n) is 6.93. The van der Waals surface area contributed by atoms with Gasteiger partial charge in [-0.15, -0.1) is 0 Å². The molecule has 4 rings (SSSR count). The van der Waals surface area contributed by atoms with Crippen molar-refractivity contribution in [3.8, 4) is 0 Å². The van der Waals surface area contributed by atoms with Gasteiger partial charge in [0.25, 0.3) is 0 Å². The van der Waals surface area contributed by atoms with Crippen LogP contribution >= 0.6 is 0 Å². The van der Waals surface area contributed by atoms with E-state index in [1.54, 1.807) is 6.08 Å². The molecule has 0 aliphatic heterocycles. The number of hydrogen-bond donors (Lipinski definition) is 3. The summed E-state index contributed by atoms with van der Waals surface area (Å²) >= 11 is 0. The molecule has 6 heteroatoms. The van der Waals surface area contributed by atoms with Gasteiger partial charge in [0.05, 0.1) is 11.5 Å². The van der Waals surface area contributed by atoms with Crippen molar-refractivity contribution < 1.29 is 29.7 Å². The zero-order valence-electron chi connectivity index (χ0n) is 17.1. The molecule has 4 aliphatic carbocycles. The maximum Gasteiger partial charge on any atom is 0.307 e. The van der Waals surface area contributed by atoms with Gasteiger partial charge in [0.15, 0.2) is 5.78 Å².